The Bertz CT molecular complexity index is 1170. The number of H-pyrrole nitrogens is 1. The third kappa shape index (κ3) is 4.98. The molecule has 1 amide bonds. The number of nitrogens with zero attached hydrogens (tertiary/aromatic N) is 3. The van der Waals surface area contributed by atoms with Gasteiger partial charge >= 0.3 is 5.69 Å². The fraction of sp³-hybridized carbons (Fsp3) is 0.316. The first-order chi connectivity index (χ1) is 14.4. The third-order valence-corrected chi connectivity index (χ3v) is 5.18. The molecule has 0 radical (unpaired) electrons. The van der Waals surface area contributed by atoms with Crippen LogP contribution >= 0.6 is 11.8 Å². The van der Waals surface area contributed by atoms with Crippen molar-refractivity contribution in [2.45, 2.75) is 25.0 Å². The number of anilines is 1. The molecule has 10 nitrogen and oxygen atoms in total. The summed E-state index contributed by atoms with van der Waals surface area (Å²) in [6, 6.07) is 7.11. The third-order valence-electron chi connectivity index (χ3n) is 4.36. The monoisotopic (exact) mass is 431 g/mol. The molecule has 2 aromatic heterocycles. The number of carbonyl (C=O) groups excluding carboxylic acids is 1. The minimum absolute atomic E-state index is 0.0826. The van der Waals surface area contributed by atoms with Crippen molar-refractivity contribution in [3.63, 3.8) is 0 Å². The summed E-state index contributed by atoms with van der Waals surface area (Å²) in [4.78, 5) is 38.6. The van der Waals surface area contributed by atoms with Gasteiger partial charge in [0, 0.05) is 24.7 Å². The summed E-state index contributed by atoms with van der Waals surface area (Å²) in [7, 11) is 2.95. The molecule has 0 aliphatic heterocycles. The topological polar surface area (TPSA) is 132 Å². The van der Waals surface area contributed by atoms with Gasteiger partial charge in [-0.15, -0.1) is 10.2 Å². The van der Waals surface area contributed by atoms with E-state index in [0.717, 1.165) is 16.3 Å². The van der Waals surface area contributed by atoms with Crippen LogP contribution in [0.3, 0.4) is 0 Å². The molecule has 30 heavy (non-hydrogen) atoms. The number of carbonyl (C=O) groups is 1. The van der Waals surface area contributed by atoms with Crippen molar-refractivity contribution in [1.29, 1.82) is 0 Å². The molecule has 0 aliphatic rings. The summed E-state index contributed by atoms with van der Waals surface area (Å²) >= 11 is 1.11. The number of thioether (sulfide) groups is 1. The SMILES string of the molecule is COc1ccccc1NC(=O)CSc1nnc(CCc2c(C)[nH]c(=O)n(C)c2=O)o1. The Balaban J connectivity index is 1.56. The molecule has 0 atom stereocenters. The maximum absolute atomic E-state index is 12.2. The van der Waals surface area contributed by atoms with Crippen LogP contribution < -0.4 is 21.3 Å². The zero-order valence-electron chi connectivity index (χ0n) is 16.7. The Morgan fingerprint density at radius 2 is 2.03 bits per heavy atom. The second kappa shape index (κ2) is 9.44. The molecule has 0 aliphatic carbocycles. The minimum atomic E-state index is -0.455. The lowest BCUT2D eigenvalue weighted by atomic mass is 10.1. The summed E-state index contributed by atoms with van der Waals surface area (Å²) < 4.78 is 11.8. The highest BCUT2D eigenvalue weighted by molar-refractivity contribution is 7.99. The summed E-state index contributed by atoms with van der Waals surface area (Å²) in [5, 5.41) is 10.9. The molecule has 0 spiro atoms. The molecule has 0 fully saturated rings. The van der Waals surface area contributed by atoms with E-state index in [1.807, 2.05) is 6.07 Å². The zero-order chi connectivity index (χ0) is 21.7. The van der Waals surface area contributed by atoms with E-state index in [1.165, 1.54) is 14.2 Å². The Morgan fingerprint density at radius 3 is 2.80 bits per heavy atom. The second-order valence-corrected chi connectivity index (χ2v) is 7.32. The number of ether oxygens (including phenoxy) is 1. The molecule has 3 rings (SSSR count). The molecule has 2 heterocycles. The number of aromatic nitrogens is 4. The first-order valence-corrected chi connectivity index (χ1v) is 10.0. The quantitative estimate of drug-likeness (QED) is 0.510. The maximum atomic E-state index is 12.2. The van der Waals surface area contributed by atoms with Gasteiger partial charge in [-0.25, -0.2) is 4.79 Å². The van der Waals surface area contributed by atoms with E-state index in [9.17, 15) is 14.4 Å². The molecule has 11 heteroatoms. The fourth-order valence-corrected chi connectivity index (χ4v) is 3.34. The van der Waals surface area contributed by atoms with E-state index in [1.54, 1.807) is 25.1 Å². The largest absolute Gasteiger partial charge is 0.495 e. The Hall–Kier alpha value is -3.34. The maximum Gasteiger partial charge on any atom is 0.328 e. The van der Waals surface area contributed by atoms with Crippen molar-refractivity contribution in [3.8, 4) is 5.75 Å². The number of aromatic amines is 1. The van der Waals surface area contributed by atoms with E-state index in [0.29, 0.717) is 41.4 Å². The van der Waals surface area contributed by atoms with Gasteiger partial charge in [0.1, 0.15) is 5.75 Å². The number of para-hydroxylation sites is 2. The lowest BCUT2D eigenvalue weighted by Gasteiger charge is -2.08. The average Bonchev–Trinajstić information content (AvgIpc) is 3.19. The van der Waals surface area contributed by atoms with E-state index in [4.69, 9.17) is 9.15 Å². The molecule has 158 valence electrons. The minimum Gasteiger partial charge on any atom is -0.495 e. The van der Waals surface area contributed by atoms with Crippen molar-refractivity contribution in [3.05, 3.63) is 62.3 Å². The normalized spacial score (nSPS) is 10.8. The molecule has 0 saturated heterocycles. The van der Waals surface area contributed by atoms with Gasteiger partial charge in [0.2, 0.25) is 11.8 Å². The molecular weight excluding hydrogens is 410 g/mol. The lowest BCUT2D eigenvalue weighted by molar-refractivity contribution is -0.113. The Labute approximate surface area is 175 Å². The van der Waals surface area contributed by atoms with Gasteiger partial charge < -0.3 is 19.5 Å². The number of methoxy groups -OCH3 is 1. The van der Waals surface area contributed by atoms with E-state index >= 15 is 0 Å². The van der Waals surface area contributed by atoms with Crippen LogP contribution in [0.4, 0.5) is 5.69 Å². The van der Waals surface area contributed by atoms with E-state index < -0.39 is 5.69 Å². The molecule has 1 aromatic carbocycles. The highest BCUT2D eigenvalue weighted by atomic mass is 32.2. The van der Waals surface area contributed by atoms with Crippen LogP contribution in [0.25, 0.3) is 0 Å². The Morgan fingerprint density at radius 1 is 1.27 bits per heavy atom. The van der Waals surface area contributed by atoms with Crippen molar-refractivity contribution in [2.75, 3.05) is 18.2 Å². The highest BCUT2D eigenvalue weighted by Crippen LogP contribution is 2.24. The predicted octanol–water partition coefficient (Wildman–Crippen LogP) is 1.29. The molecular formula is C19H21N5O5S. The lowest BCUT2D eigenvalue weighted by Crippen LogP contribution is -2.36. The van der Waals surface area contributed by atoms with Gasteiger partial charge in [0.15, 0.2) is 0 Å². The van der Waals surface area contributed by atoms with Crippen LogP contribution in [0.2, 0.25) is 0 Å². The highest BCUT2D eigenvalue weighted by Gasteiger charge is 2.14. The predicted molar refractivity (Wildman–Crippen MR) is 111 cm³/mol. The number of rotatable bonds is 8. The first kappa shape index (κ1) is 21.4. The fourth-order valence-electron chi connectivity index (χ4n) is 2.76. The molecule has 2 N–H and O–H groups in total. The summed E-state index contributed by atoms with van der Waals surface area (Å²) in [6.07, 6.45) is 0.680. The number of amides is 1. The standard InChI is InChI=1S/C19H21N5O5S/c1-11-12(17(26)24(2)18(27)20-11)8-9-16-22-23-19(29-16)30-10-15(25)21-13-6-4-5-7-14(13)28-3/h4-7H,8-10H2,1-3H3,(H,20,27)(H,21,25). The number of hydrogen-bond donors (Lipinski definition) is 2. The molecule has 3 aromatic rings. The number of nitrogens with one attached hydrogen (secondary N) is 2. The summed E-state index contributed by atoms with van der Waals surface area (Å²) in [5.74, 6) is 0.755. The van der Waals surface area contributed by atoms with Gasteiger partial charge in [-0.3, -0.25) is 14.2 Å². The summed E-state index contributed by atoms with van der Waals surface area (Å²) in [6.45, 7) is 1.67. The van der Waals surface area contributed by atoms with Gasteiger partial charge in [0.25, 0.3) is 10.8 Å². The van der Waals surface area contributed by atoms with Crippen LogP contribution in [-0.4, -0.2) is 38.5 Å². The molecule has 0 saturated carbocycles. The molecule has 0 unspecified atom stereocenters. The van der Waals surface area contributed by atoms with Crippen LogP contribution in [0.5, 0.6) is 5.75 Å². The smallest absolute Gasteiger partial charge is 0.328 e. The van der Waals surface area contributed by atoms with E-state index in [-0.39, 0.29) is 22.4 Å². The van der Waals surface area contributed by atoms with Crippen LogP contribution in [0.15, 0.2) is 43.5 Å². The van der Waals surface area contributed by atoms with Crippen LogP contribution in [0, 0.1) is 6.92 Å². The second-order valence-electron chi connectivity index (χ2n) is 6.40. The summed E-state index contributed by atoms with van der Waals surface area (Å²) in [5.41, 5.74) is 0.781. The number of aryl methyl sites for hydroxylation is 2. The number of hydrogen-bond acceptors (Lipinski definition) is 8. The first-order valence-electron chi connectivity index (χ1n) is 9.06. The zero-order valence-corrected chi connectivity index (χ0v) is 17.5. The van der Waals surface area contributed by atoms with Crippen LogP contribution in [0.1, 0.15) is 17.1 Å². The van der Waals surface area contributed by atoms with Gasteiger partial charge in [0.05, 0.1) is 18.6 Å². The van der Waals surface area contributed by atoms with Gasteiger partial charge in [-0.1, -0.05) is 23.9 Å². The van der Waals surface area contributed by atoms with Crippen molar-refractivity contribution in [1.82, 2.24) is 19.7 Å². The van der Waals surface area contributed by atoms with Gasteiger partial charge in [-0.2, -0.15) is 0 Å². The average molecular weight is 431 g/mol. The Kier molecular flexibility index (Phi) is 6.72. The van der Waals surface area contributed by atoms with E-state index in [2.05, 4.69) is 20.5 Å². The van der Waals surface area contributed by atoms with Gasteiger partial charge in [-0.05, 0) is 25.5 Å². The van der Waals surface area contributed by atoms with Crippen LogP contribution in [-0.2, 0) is 24.7 Å². The van der Waals surface area contributed by atoms with Crippen molar-refractivity contribution < 1.29 is 13.9 Å². The molecule has 0 bridgehead atoms. The number of benzene rings is 1. The van der Waals surface area contributed by atoms with Crippen molar-refractivity contribution in [2.24, 2.45) is 7.05 Å². The van der Waals surface area contributed by atoms with Crippen molar-refractivity contribution >= 4 is 23.4 Å².